The summed E-state index contributed by atoms with van der Waals surface area (Å²) in [6, 6.07) is 9.99. The first-order valence-electron chi connectivity index (χ1n) is 11.7. The van der Waals surface area contributed by atoms with Crippen molar-refractivity contribution in [1.82, 2.24) is 29.2 Å². The van der Waals surface area contributed by atoms with Gasteiger partial charge in [0.05, 0.1) is 6.61 Å². The zero-order chi connectivity index (χ0) is 23.7. The van der Waals surface area contributed by atoms with E-state index in [2.05, 4.69) is 20.1 Å². The molecule has 1 aliphatic rings. The number of benzene rings is 1. The second-order valence-electron chi connectivity index (χ2n) is 9.02. The molecule has 3 aromatic heterocycles. The summed E-state index contributed by atoms with van der Waals surface area (Å²) in [5.74, 6) is 0.604. The third-order valence-corrected chi connectivity index (χ3v) is 6.40. The summed E-state index contributed by atoms with van der Waals surface area (Å²) in [6.45, 7) is 2.91. The predicted octanol–water partition coefficient (Wildman–Crippen LogP) is 3.03. The molecule has 34 heavy (non-hydrogen) atoms. The van der Waals surface area contributed by atoms with Crippen LogP contribution in [0.25, 0.3) is 33.2 Å². The van der Waals surface area contributed by atoms with Gasteiger partial charge in [0.25, 0.3) is 0 Å². The van der Waals surface area contributed by atoms with Crippen LogP contribution in [0.15, 0.2) is 41.3 Å². The van der Waals surface area contributed by atoms with Crippen molar-refractivity contribution < 1.29 is 9.47 Å². The fraction of sp³-hybridized carbons (Fsp3) is 0.440. The molecule has 178 valence electrons. The van der Waals surface area contributed by atoms with E-state index in [9.17, 15) is 4.79 Å². The maximum Gasteiger partial charge on any atom is 0.330 e. The van der Waals surface area contributed by atoms with E-state index in [1.807, 2.05) is 49.0 Å². The smallest absolute Gasteiger partial charge is 0.330 e. The topological polar surface area (TPSA) is 87.3 Å². The van der Waals surface area contributed by atoms with E-state index < -0.39 is 0 Å². The molecule has 1 aromatic carbocycles. The highest BCUT2D eigenvalue weighted by atomic mass is 16.5. The van der Waals surface area contributed by atoms with Crippen LogP contribution in [-0.4, -0.2) is 69.7 Å². The molecule has 0 unspecified atom stereocenters. The summed E-state index contributed by atoms with van der Waals surface area (Å²) in [6.07, 6.45) is 4.36. The zero-order valence-corrected chi connectivity index (χ0v) is 19.9. The lowest BCUT2D eigenvalue weighted by molar-refractivity contribution is 0.0697. The SMILES string of the molecule is CN(C)CCCOc1ccc(-c2cccc3c2nnc2c3n(C3CCOCC3)c(=O)n2C)cn1. The fourth-order valence-electron chi connectivity index (χ4n) is 4.62. The highest BCUT2D eigenvalue weighted by molar-refractivity contribution is 6.06. The molecule has 5 rings (SSSR count). The van der Waals surface area contributed by atoms with Gasteiger partial charge in [0.15, 0.2) is 5.65 Å². The Morgan fingerprint density at radius 2 is 1.97 bits per heavy atom. The molecular weight excluding hydrogens is 432 g/mol. The highest BCUT2D eigenvalue weighted by Crippen LogP contribution is 2.32. The number of fused-ring (bicyclic) bond motifs is 3. The Hall–Kier alpha value is -3.30. The number of aromatic nitrogens is 5. The van der Waals surface area contributed by atoms with Gasteiger partial charge in [0.1, 0.15) is 11.0 Å². The predicted molar refractivity (Wildman–Crippen MR) is 131 cm³/mol. The van der Waals surface area contributed by atoms with E-state index in [1.54, 1.807) is 17.8 Å². The molecule has 0 bridgehead atoms. The van der Waals surface area contributed by atoms with Gasteiger partial charge in [-0.1, -0.05) is 18.2 Å². The van der Waals surface area contributed by atoms with Crippen LogP contribution in [0.5, 0.6) is 5.88 Å². The van der Waals surface area contributed by atoms with Gasteiger partial charge in [-0.3, -0.25) is 9.13 Å². The second kappa shape index (κ2) is 9.52. The van der Waals surface area contributed by atoms with Crippen molar-refractivity contribution in [3.05, 3.63) is 47.0 Å². The molecule has 9 nitrogen and oxygen atoms in total. The van der Waals surface area contributed by atoms with Crippen molar-refractivity contribution in [2.75, 3.05) is 40.5 Å². The average molecular weight is 463 g/mol. The minimum Gasteiger partial charge on any atom is -0.478 e. The normalized spacial score (nSPS) is 14.9. The maximum absolute atomic E-state index is 13.2. The van der Waals surface area contributed by atoms with Gasteiger partial charge >= 0.3 is 5.69 Å². The third kappa shape index (κ3) is 4.17. The number of aryl methyl sites for hydroxylation is 1. The van der Waals surface area contributed by atoms with E-state index in [0.29, 0.717) is 31.3 Å². The lowest BCUT2D eigenvalue weighted by atomic mass is 10.0. The molecule has 0 atom stereocenters. The molecule has 0 aliphatic carbocycles. The Morgan fingerprint density at radius 3 is 2.71 bits per heavy atom. The Morgan fingerprint density at radius 1 is 1.15 bits per heavy atom. The Bertz CT molecular complexity index is 1350. The Balaban J connectivity index is 1.53. The van der Waals surface area contributed by atoms with Crippen molar-refractivity contribution in [3.63, 3.8) is 0 Å². The molecular formula is C25H30N6O3. The first-order chi connectivity index (χ1) is 16.5. The quantitative estimate of drug-likeness (QED) is 0.390. The van der Waals surface area contributed by atoms with Gasteiger partial charge in [-0.15, -0.1) is 10.2 Å². The van der Waals surface area contributed by atoms with Crippen molar-refractivity contribution in [3.8, 4) is 17.0 Å². The van der Waals surface area contributed by atoms with E-state index in [1.165, 1.54) is 0 Å². The maximum atomic E-state index is 13.2. The third-order valence-electron chi connectivity index (χ3n) is 6.40. The average Bonchev–Trinajstić information content (AvgIpc) is 3.12. The Labute approximate surface area is 197 Å². The minimum atomic E-state index is -0.0634. The van der Waals surface area contributed by atoms with Crippen LogP contribution in [-0.2, 0) is 11.8 Å². The van der Waals surface area contributed by atoms with Crippen LogP contribution in [0.4, 0.5) is 0 Å². The zero-order valence-electron chi connectivity index (χ0n) is 19.9. The van der Waals surface area contributed by atoms with Crippen molar-refractivity contribution in [2.45, 2.75) is 25.3 Å². The van der Waals surface area contributed by atoms with Crippen LogP contribution in [0, 0.1) is 0 Å². The van der Waals surface area contributed by atoms with Gasteiger partial charge in [-0.25, -0.2) is 9.78 Å². The molecule has 0 amide bonds. The number of nitrogens with zero attached hydrogens (tertiary/aromatic N) is 6. The summed E-state index contributed by atoms with van der Waals surface area (Å²) in [5, 5.41) is 9.91. The molecule has 0 radical (unpaired) electrons. The molecule has 1 fully saturated rings. The first kappa shape index (κ1) is 22.5. The van der Waals surface area contributed by atoms with Crippen molar-refractivity contribution in [2.24, 2.45) is 7.05 Å². The molecule has 4 heterocycles. The van der Waals surface area contributed by atoms with Crippen molar-refractivity contribution >= 4 is 22.1 Å². The first-order valence-corrected chi connectivity index (χ1v) is 11.7. The van der Waals surface area contributed by atoms with E-state index in [-0.39, 0.29) is 11.7 Å². The van der Waals surface area contributed by atoms with Gasteiger partial charge in [-0.2, -0.15) is 0 Å². The highest BCUT2D eigenvalue weighted by Gasteiger charge is 2.24. The summed E-state index contributed by atoms with van der Waals surface area (Å²) in [7, 11) is 5.85. The van der Waals surface area contributed by atoms with Crippen LogP contribution >= 0.6 is 0 Å². The number of ether oxygens (including phenoxy) is 2. The summed E-state index contributed by atoms with van der Waals surface area (Å²) >= 11 is 0. The largest absolute Gasteiger partial charge is 0.478 e. The summed E-state index contributed by atoms with van der Waals surface area (Å²) in [5.41, 5.74) is 3.97. The minimum absolute atomic E-state index is 0.0634. The van der Waals surface area contributed by atoms with Gasteiger partial charge in [0.2, 0.25) is 5.88 Å². The van der Waals surface area contributed by atoms with Crippen LogP contribution < -0.4 is 10.4 Å². The lowest BCUT2D eigenvalue weighted by Crippen LogP contribution is -2.29. The molecule has 1 aliphatic heterocycles. The standard InChI is InChI=1S/C25H30N6O3/c1-29(2)12-5-13-34-21-9-8-17(16-26-21)19-6-4-7-20-22(19)27-28-24-23(20)31(25(32)30(24)3)18-10-14-33-15-11-18/h4,6-9,16,18H,5,10-15H2,1-3H3. The number of pyridine rings is 1. The summed E-state index contributed by atoms with van der Waals surface area (Å²) in [4.78, 5) is 19.8. The molecule has 4 aromatic rings. The van der Waals surface area contributed by atoms with Gasteiger partial charge < -0.3 is 14.4 Å². The molecule has 0 saturated carbocycles. The number of hydrogen-bond acceptors (Lipinski definition) is 7. The monoisotopic (exact) mass is 462 g/mol. The van der Waals surface area contributed by atoms with E-state index in [0.717, 1.165) is 53.4 Å². The second-order valence-corrected chi connectivity index (χ2v) is 9.02. The molecule has 0 N–H and O–H groups in total. The van der Waals surface area contributed by atoms with Crippen LogP contribution in [0.1, 0.15) is 25.3 Å². The number of imidazole rings is 1. The number of hydrogen-bond donors (Lipinski definition) is 0. The Kier molecular flexibility index (Phi) is 6.30. The molecule has 9 heteroatoms. The number of rotatable bonds is 7. The fourth-order valence-corrected chi connectivity index (χ4v) is 4.62. The van der Waals surface area contributed by atoms with E-state index in [4.69, 9.17) is 9.47 Å². The molecule has 1 saturated heterocycles. The van der Waals surface area contributed by atoms with Crippen LogP contribution in [0.2, 0.25) is 0 Å². The lowest BCUT2D eigenvalue weighted by Gasteiger charge is -2.23. The summed E-state index contributed by atoms with van der Waals surface area (Å²) < 4.78 is 14.8. The van der Waals surface area contributed by atoms with E-state index >= 15 is 0 Å². The molecule has 0 spiro atoms. The van der Waals surface area contributed by atoms with Gasteiger partial charge in [-0.05, 0) is 39.4 Å². The van der Waals surface area contributed by atoms with Crippen LogP contribution in [0.3, 0.4) is 0 Å². The van der Waals surface area contributed by atoms with Gasteiger partial charge in [0, 0.05) is 61.6 Å². The van der Waals surface area contributed by atoms with Crippen molar-refractivity contribution in [1.29, 1.82) is 0 Å².